The number of aryl methyl sites for hydroxylation is 2. The molecule has 4 rings (SSSR count). The van der Waals surface area contributed by atoms with Gasteiger partial charge in [0.25, 0.3) is 5.91 Å². The van der Waals surface area contributed by atoms with Crippen molar-refractivity contribution in [3.05, 3.63) is 59.3 Å². The number of aromatic nitrogens is 1. The number of para-hydroxylation sites is 1. The number of fused-ring (bicyclic) bond motifs is 3. The highest BCUT2D eigenvalue weighted by Gasteiger charge is 2.18. The third kappa shape index (κ3) is 4.34. The number of H-pyrrole nitrogens is 1. The molecule has 1 amide bonds. The number of amides is 1. The highest BCUT2D eigenvalue weighted by atomic mass is 32.2. The van der Waals surface area contributed by atoms with Gasteiger partial charge in [0, 0.05) is 21.5 Å². The van der Waals surface area contributed by atoms with Gasteiger partial charge in [0.2, 0.25) is 0 Å². The van der Waals surface area contributed by atoms with Gasteiger partial charge in [0.05, 0.1) is 23.1 Å². The fourth-order valence-electron chi connectivity index (χ4n) is 3.74. The van der Waals surface area contributed by atoms with Crippen molar-refractivity contribution in [2.45, 2.75) is 30.6 Å². The van der Waals surface area contributed by atoms with E-state index in [-0.39, 0.29) is 12.4 Å². The lowest BCUT2D eigenvalue weighted by Gasteiger charge is -2.11. The molecule has 0 radical (unpaired) electrons. The van der Waals surface area contributed by atoms with Gasteiger partial charge < -0.3 is 15.0 Å². The molecule has 30 heavy (non-hydrogen) atoms. The summed E-state index contributed by atoms with van der Waals surface area (Å²) < 4.78 is 5.23. The Morgan fingerprint density at radius 3 is 2.87 bits per heavy atom. The van der Waals surface area contributed by atoms with Gasteiger partial charge in [0.1, 0.15) is 0 Å². The van der Waals surface area contributed by atoms with Crippen LogP contribution >= 0.6 is 11.8 Å². The first-order valence-corrected chi connectivity index (χ1v) is 10.8. The second kappa shape index (κ2) is 9.06. The molecule has 0 saturated carbocycles. The summed E-state index contributed by atoms with van der Waals surface area (Å²) in [4.78, 5) is 29.0. The molecule has 0 aliphatic heterocycles. The van der Waals surface area contributed by atoms with Crippen LogP contribution in [0.15, 0.2) is 47.4 Å². The summed E-state index contributed by atoms with van der Waals surface area (Å²) in [5, 5.41) is 12.6. The van der Waals surface area contributed by atoms with Crippen LogP contribution in [0.2, 0.25) is 0 Å². The van der Waals surface area contributed by atoms with Gasteiger partial charge in [-0.1, -0.05) is 12.1 Å². The smallest absolute Gasteiger partial charge is 0.338 e. The van der Waals surface area contributed by atoms with Crippen LogP contribution in [0.5, 0.6) is 0 Å². The van der Waals surface area contributed by atoms with E-state index in [1.54, 1.807) is 18.2 Å². The molecule has 3 aromatic rings. The van der Waals surface area contributed by atoms with E-state index in [0.29, 0.717) is 11.3 Å². The van der Waals surface area contributed by atoms with Crippen molar-refractivity contribution >= 4 is 40.2 Å². The number of nitrogens with one attached hydrogen (secondary N) is 2. The van der Waals surface area contributed by atoms with Crippen LogP contribution in [-0.2, 0) is 22.4 Å². The first-order chi connectivity index (χ1) is 14.7. The van der Waals surface area contributed by atoms with Gasteiger partial charge in [0.15, 0.2) is 6.61 Å². The van der Waals surface area contributed by atoms with Gasteiger partial charge in [-0.3, -0.25) is 4.79 Å². The standard InChI is InChI=1S/C23H21N3O3S/c24-11-12-30-21-8-4-3-7-20(21)26-22(27)14-29-23(28)15-9-10-19-17(13-15)16-5-1-2-6-18(16)25-19/h3-4,7-10,13,25H,1-2,5-6,12,14H2,(H,26,27). The molecular formula is C23H21N3O3S. The first kappa shape index (κ1) is 20.0. The number of ether oxygens (including phenoxy) is 1. The molecule has 0 atom stereocenters. The number of rotatable bonds is 6. The summed E-state index contributed by atoms with van der Waals surface area (Å²) in [5.74, 6) is -0.661. The molecule has 0 spiro atoms. The maximum absolute atomic E-state index is 12.5. The number of nitrogens with zero attached hydrogens (tertiary/aromatic N) is 1. The van der Waals surface area contributed by atoms with Gasteiger partial charge in [-0.2, -0.15) is 5.26 Å². The Bertz CT molecular complexity index is 1150. The molecule has 1 aliphatic rings. The van der Waals surface area contributed by atoms with Crippen molar-refractivity contribution in [3.8, 4) is 6.07 Å². The molecule has 2 N–H and O–H groups in total. The van der Waals surface area contributed by atoms with Crippen molar-refractivity contribution in [1.82, 2.24) is 4.98 Å². The number of anilines is 1. The first-order valence-electron chi connectivity index (χ1n) is 9.85. The minimum absolute atomic E-state index is 0.285. The fourth-order valence-corrected chi connectivity index (χ4v) is 4.41. The molecule has 152 valence electrons. The third-order valence-corrected chi connectivity index (χ3v) is 6.06. The predicted molar refractivity (Wildman–Crippen MR) is 117 cm³/mol. The van der Waals surface area contributed by atoms with Crippen LogP contribution in [0.3, 0.4) is 0 Å². The molecule has 7 heteroatoms. The van der Waals surface area contributed by atoms with E-state index in [0.717, 1.165) is 35.1 Å². The Morgan fingerprint density at radius 1 is 1.17 bits per heavy atom. The molecule has 0 fully saturated rings. The number of esters is 1. The summed E-state index contributed by atoms with van der Waals surface area (Å²) in [6.07, 6.45) is 4.39. The van der Waals surface area contributed by atoms with Crippen LogP contribution < -0.4 is 5.32 Å². The summed E-state index contributed by atoms with van der Waals surface area (Å²) in [7, 11) is 0. The maximum Gasteiger partial charge on any atom is 0.338 e. The Labute approximate surface area is 178 Å². The maximum atomic E-state index is 12.5. The number of aromatic amines is 1. The second-order valence-electron chi connectivity index (χ2n) is 7.12. The Kier molecular flexibility index (Phi) is 6.05. The van der Waals surface area contributed by atoms with E-state index in [2.05, 4.69) is 16.4 Å². The zero-order chi connectivity index (χ0) is 20.9. The zero-order valence-electron chi connectivity index (χ0n) is 16.4. The minimum atomic E-state index is -0.523. The number of thioether (sulfide) groups is 1. The van der Waals surface area contributed by atoms with Crippen molar-refractivity contribution in [3.63, 3.8) is 0 Å². The van der Waals surface area contributed by atoms with Gasteiger partial charge in [-0.15, -0.1) is 11.8 Å². The monoisotopic (exact) mass is 419 g/mol. The van der Waals surface area contributed by atoms with Gasteiger partial charge in [-0.05, 0) is 61.6 Å². The molecule has 1 heterocycles. The lowest BCUT2D eigenvalue weighted by atomic mass is 9.95. The van der Waals surface area contributed by atoms with E-state index in [1.165, 1.54) is 29.4 Å². The SMILES string of the molecule is N#CCSc1ccccc1NC(=O)COC(=O)c1ccc2[nH]c3c(c2c1)CCCC3. The number of nitriles is 1. The average Bonchev–Trinajstić information content (AvgIpc) is 3.15. The second-order valence-corrected chi connectivity index (χ2v) is 8.13. The number of hydrogen-bond acceptors (Lipinski definition) is 5. The van der Waals surface area contributed by atoms with E-state index in [9.17, 15) is 9.59 Å². The molecule has 1 aromatic heterocycles. The normalized spacial score (nSPS) is 12.8. The molecular weight excluding hydrogens is 398 g/mol. The van der Waals surface area contributed by atoms with E-state index < -0.39 is 11.9 Å². The van der Waals surface area contributed by atoms with Crippen LogP contribution in [0.4, 0.5) is 5.69 Å². The van der Waals surface area contributed by atoms with Gasteiger partial charge >= 0.3 is 5.97 Å². The van der Waals surface area contributed by atoms with Crippen LogP contribution in [0.25, 0.3) is 10.9 Å². The lowest BCUT2D eigenvalue weighted by molar-refractivity contribution is -0.119. The van der Waals surface area contributed by atoms with Crippen LogP contribution in [0.1, 0.15) is 34.5 Å². The topological polar surface area (TPSA) is 95.0 Å². The van der Waals surface area contributed by atoms with Crippen molar-refractivity contribution < 1.29 is 14.3 Å². The van der Waals surface area contributed by atoms with E-state index in [1.807, 2.05) is 24.3 Å². The van der Waals surface area contributed by atoms with Crippen LogP contribution in [-0.4, -0.2) is 29.2 Å². The third-order valence-electron chi connectivity index (χ3n) is 5.12. The molecule has 0 bridgehead atoms. The Morgan fingerprint density at radius 2 is 2.00 bits per heavy atom. The van der Waals surface area contributed by atoms with Crippen molar-refractivity contribution in [1.29, 1.82) is 5.26 Å². The Balaban J connectivity index is 1.40. The van der Waals surface area contributed by atoms with Crippen molar-refractivity contribution in [2.24, 2.45) is 0 Å². The van der Waals surface area contributed by atoms with Crippen molar-refractivity contribution in [2.75, 3.05) is 17.7 Å². The molecule has 0 saturated heterocycles. The Hall–Kier alpha value is -3.24. The number of carbonyl (C=O) groups excluding carboxylic acids is 2. The summed E-state index contributed by atoms with van der Waals surface area (Å²) in [6.45, 7) is -0.376. The number of benzene rings is 2. The summed E-state index contributed by atoms with van der Waals surface area (Å²) >= 11 is 1.34. The lowest BCUT2D eigenvalue weighted by Crippen LogP contribution is -2.21. The van der Waals surface area contributed by atoms with Gasteiger partial charge in [-0.25, -0.2) is 4.79 Å². The van der Waals surface area contributed by atoms with E-state index in [4.69, 9.17) is 10.00 Å². The highest BCUT2D eigenvalue weighted by Crippen LogP contribution is 2.30. The fraction of sp³-hybridized carbons (Fsp3) is 0.261. The molecule has 2 aromatic carbocycles. The summed E-state index contributed by atoms with van der Waals surface area (Å²) in [6, 6.07) is 14.7. The zero-order valence-corrected chi connectivity index (χ0v) is 17.2. The van der Waals surface area contributed by atoms with E-state index >= 15 is 0 Å². The quantitative estimate of drug-likeness (QED) is 0.454. The minimum Gasteiger partial charge on any atom is -0.452 e. The number of carbonyl (C=O) groups is 2. The average molecular weight is 420 g/mol. The molecule has 1 aliphatic carbocycles. The largest absolute Gasteiger partial charge is 0.452 e. The van der Waals surface area contributed by atoms with Crippen LogP contribution in [0, 0.1) is 11.3 Å². The highest BCUT2D eigenvalue weighted by molar-refractivity contribution is 7.99. The predicted octanol–water partition coefficient (Wildman–Crippen LogP) is 4.46. The number of hydrogen-bond donors (Lipinski definition) is 2. The molecule has 0 unspecified atom stereocenters. The summed E-state index contributed by atoms with van der Waals surface area (Å²) in [5.41, 5.74) is 4.61. The molecule has 6 nitrogen and oxygen atoms in total.